The third-order valence-electron chi connectivity index (χ3n) is 2.71. The molecule has 4 nitrogen and oxygen atoms in total. The summed E-state index contributed by atoms with van der Waals surface area (Å²) in [5.41, 5.74) is 0.852. The number of imidazole rings is 1. The first-order chi connectivity index (χ1) is 7.47. The van der Waals surface area contributed by atoms with Gasteiger partial charge < -0.3 is 19.6 Å². The van der Waals surface area contributed by atoms with Crippen LogP contribution in [0.25, 0.3) is 0 Å². The van der Waals surface area contributed by atoms with E-state index in [-0.39, 0.29) is 12.6 Å². The van der Waals surface area contributed by atoms with Gasteiger partial charge in [-0.25, -0.2) is 0 Å². The van der Waals surface area contributed by atoms with Crippen molar-refractivity contribution in [1.29, 1.82) is 0 Å². The number of aromatic nitrogens is 2. The molecule has 1 unspecified atom stereocenters. The van der Waals surface area contributed by atoms with Gasteiger partial charge in [0.15, 0.2) is 4.77 Å². The van der Waals surface area contributed by atoms with E-state index in [1.807, 2.05) is 18.7 Å². The summed E-state index contributed by atoms with van der Waals surface area (Å²) in [5.74, 6) is 0.468. The highest BCUT2D eigenvalue weighted by atomic mass is 32.1. The highest BCUT2D eigenvalue weighted by Crippen LogP contribution is 2.21. The maximum atomic E-state index is 9.30. The number of hydrogen-bond acceptors (Lipinski definition) is 3. The van der Waals surface area contributed by atoms with Gasteiger partial charge in [-0.3, -0.25) is 0 Å². The maximum Gasteiger partial charge on any atom is 0.177 e. The van der Waals surface area contributed by atoms with Crippen molar-refractivity contribution in [1.82, 2.24) is 14.5 Å². The highest BCUT2D eigenvalue weighted by Gasteiger charge is 2.19. The fourth-order valence-corrected chi connectivity index (χ4v) is 2.18. The monoisotopic (exact) mass is 243 g/mol. The fourth-order valence-electron chi connectivity index (χ4n) is 1.86. The van der Waals surface area contributed by atoms with Crippen molar-refractivity contribution in [2.45, 2.75) is 26.5 Å². The van der Waals surface area contributed by atoms with Gasteiger partial charge >= 0.3 is 0 Å². The number of rotatable bonds is 5. The first-order valence-electron chi connectivity index (χ1n) is 5.51. The van der Waals surface area contributed by atoms with Gasteiger partial charge in [-0.2, -0.15) is 0 Å². The highest BCUT2D eigenvalue weighted by molar-refractivity contribution is 7.71. The molecular formula is C11H21N3OS. The zero-order valence-electron chi connectivity index (χ0n) is 10.4. The van der Waals surface area contributed by atoms with Crippen molar-refractivity contribution in [2.24, 2.45) is 5.92 Å². The molecule has 0 bridgehead atoms. The number of aromatic amines is 1. The summed E-state index contributed by atoms with van der Waals surface area (Å²) in [5, 5.41) is 9.30. The molecule has 0 amide bonds. The average Bonchev–Trinajstić information content (AvgIpc) is 2.55. The number of H-pyrrole nitrogens is 1. The van der Waals surface area contributed by atoms with Crippen LogP contribution in [0.2, 0.25) is 0 Å². The van der Waals surface area contributed by atoms with Crippen LogP contribution in [0.4, 0.5) is 0 Å². The van der Waals surface area contributed by atoms with E-state index in [1.54, 1.807) is 6.20 Å². The minimum Gasteiger partial charge on any atom is -0.390 e. The van der Waals surface area contributed by atoms with Gasteiger partial charge in [-0.1, -0.05) is 13.8 Å². The zero-order chi connectivity index (χ0) is 12.3. The molecule has 92 valence electrons. The van der Waals surface area contributed by atoms with E-state index in [0.29, 0.717) is 10.7 Å². The minimum atomic E-state index is 0.0176. The average molecular weight is 243 g/mol. The predicted octanol–water partition coefficient (Wildman–Crippen LogP) is 1.80. The van der Waals surface area contributed by atoms with Gasteiger partial charge in [0.2, 0.25) is 0 Å². The summed E-state index contributed by atoms with van der Waals surface area (Å²) in [6.07, 6.45) is 1.79. The summed E-state index contributed by atoms with van der Waals surface area (Å²) in [7, 11) is 4.09. The number of likely N-dealkylation sites (N-methyl/N-ethyl adjacent to an activating group) is 1. The smallest absolute Gasteiger partial charge is 0.177 e. The Labute approximate surface area is 102 Å². The molecule has 2 N–H and O–H groups in total. The molecule has 0 radical (unpaired) electrons. The van der Waals surface area contributed by atoms with Crippen LogP contribution < -0.4 is 0 Å². The van der Waals surface area contributed by atoms with Gasteiger partial charge in [-0.05, 0) is 32.2 Å². The van der Waals surface area contributed by atoms with E-state index < -0.39 is 0 Å². The van der Waals surface area contributed by atoms with Crippen LogP contribution >= 0.6 is 12.2 Å². The van der Waals surface area contributed by atoms with Gasteiger partial charge in [0, 0.05) is 12.7 Å². The molecule has 0 fully saturated rings. The van der Waals surface area contributed by atoms with E-state index in [1.165, 1.54) is 0 Å². The molecule has 5 heteroatoms. The Hall–Kier alpha value is -0.650. The second-order valence-corrected chi connectivity index (χ2v) is 5.07. The maximum absolute atomic E-state index is 9.30. The topological polar surface area (TPSA) is 44.2 Å². The van der Waals surface area contributed by atoms with Crippen LogP contribution in [-0.2, 0) is 6.61 Å². The van der Waals surface area contributed by atoms with Crippen LogP contribution in [0.3, 0.4) is 0 Å². The Kier molecular flexibility index (Phi) is 4.70. The Bertz CT molecular complexity index is 381. The van der Waals surface area contributed by atoms with Crippen molar-refractivity contribution in [3.05, 3.63) is 16.7 Å². The summed E-state index contributed by atoms with van der Waals surface area (Å²) in [4.78, 5) is 5.14. The van der Waals surface area contributed by atoms with Crippen LogP contribution in [-0.4, -0.2) is 40.2 Å². The predicted molar refractivity (Wildman–Crippen MR) is 68.0 cm³/mol. The number of aliphatic hydroxyl groups excluding tert-OH is 1. The summed E-state index contributed by atoms with van der Waals surface area (Å²) >= 11 is 5.27. The van der Waals surface area contributed by atoms with Crippen molar-refractivity contribution in [2.75, 3.05) is 20.6 Å². The van der Waals surface area contributed by atoms with Gasteiger partial charge in [0.25, 0.3) is 0 Å². The molecule has 1 rings (SSSR count). The number of nitrogens with zero attached hydrogens (tertiary/aromatic N) is 2. The Morgan fingerprint density at radius 1 is 1.50 bits per heavy atom. The van der Waals surface area contributed by atoms with Crippen molar-refractivity contribution < 1.29 is 5.11 Å². The lowest BCUT2D eigenvalue weighted by atomic mass is 10.0. The first-order valence-corrected chi connectivity index (χ1v) is 5.92. The molecule has 1 heterocycles. The molecule has 0 aliphatic rings. The van der Waals surface area contributed by atoms with E-state index in [0.717, 1.165) is 12.2 Å². The first kappa shape index (κ1) is 13.4. The van der Waals surface area contributed by atoms with E-state index >= 15 is 0 Å². The largest absolute Gasteiger partial charge is 0.390 e. The summed E-state index contributed by atoms with van der Waals surface area (Å²) < 4.78 is 2.71. The van der Waals surface area contributed by atoms with Gasteiger partial charge in [0.05, 0.1) is 18.3 Å². The molecule has 0 aliphatic heterocycles. The molecule has 0 saturated heterocycles. The van der Waals surface area contributed by atoms with Crippen LogP contribution in [0, 0.1) is 10.7 Å². The molecule has 1 aromatic heterocycles. The molecule has 1 aromatic rings. The Balaban J connectivity index is 3.09. The van der Waals surface area contributed by atoms with Crippen molar-refractivity contribution in [3.63, 3.8) is 0 Å². The van der Waals surface area contributed by atoms with Gasteiger partial charge in [0.1, 0.15) is 0 Å². The van der Waals surface area contributed by atoms with Crippen LogP contribution in [0.5, 0.6) is 0 Å². The minimum absolute atomic E-state index is 0.0176. The summed E-state index contributed by atoms with van der Waals surface area (Å²) in [6.45, 7) is 5.27. The molecule has 0 spiro atoms. The second kappa shape index (κ2) is 5.61. The van der Waals surface area contributed by atoms with Crippen molar-refractivity contribution >= 4 is 12.2 Å². The lowest BCUT2D eigenvalue weighted by Gasteiger charge is -2.27. The molecular weight excluding hydrogens is 222 g/mol. The quantitative estimate of drug-likeness (QED) is 0.775. The van der Waals surface area contributed by atoms with Crippen LogP contribution in [0.15, 0.2) is 6.20 Å². The molecule has 16 heavy (non-hydrogen) atoms. The zero-order valence-corrected chi connectivity index (χ0v) is 11.2. The lowest BCUT2D eigenvalue weighted by molar-refractivity contribution is 0.233. The third kappa shape index (κ3) is 2.93. The Morgan fingerprint density at radius 3 is 2.56 bits per heavy atom. The van der Waals surface area contributed by atoms with Crippen molar-refractivity contribution in [3.8, 4) is 0 Å². The fraction of sp³-hybridized carbons (Fsp3) is 0.727. The standard InChI is InChI=1S/C11H21N3OS/c1-8(2)10(6-13(3)4)14-9(7-15)5-12-11(14)16/h5,8,10,15H,6-7H2,1-4H3,(H,12,16). The Morgan fingerprint density at radius 2 is 2.12 bits per heavy atom. The lowest BCUT2D eigenvalue weighted by Crippen LogP contribution is -2.29. The number of nitrogens with one attached hydrogen (secondary N) is 1. The van der Waals surface area contributed by atoms with E-state index in [2.05, 4.69) is 23.7 Å². The molecule has 0 aromatic carbocycles. The molecule has 1 atom stereocenters. The van der Waals surface area contributed by atoms with E-state index in [9.17, 15) is 5.11 Å². The van der Waals surface area contributed by atoms with E-state index in [4.69, 9.17) is 12.2 Å². The van der Waals surface area contributed by atoms with Gasteiger partial charge in [-0.15, -0.1) is 0 Å². The second-order valence-electron chi connectivity index (χ2n) is 4.69. The normalized spacial score (nSPS) is 13.7. The SMILES string of the molecule is CC(C)C(CN(C)C)n1c(CO)c[nH]c1=S. The summed E-state index contributed by atoms with van der Waals surface area (Å²) in [6, 6.07) is 0.288. The van der Waals surface area contributed by atoms with Crippen LogP contribution in [0.1, 0.15) is 25.6 Å². The third-order valence-corrected chi connectivity index (χ3v) is 3.02. The molecule has 0 aliphatic carbocycles. The molecule has 0 saturated carbocycles. The number of aliphatic hydroxyl groups is 1. The number of hydrogen-bond donors (Lipinski definition) is 2.